The summed E-state index contributed by atoms with van der Waals surface area (Å²) in [7, 11) is 1.37. The van der Waals surface area contributed by atoms with Crippen molar-refractivity contribution in [2.75, 3.05) is 7.11 Å². The number of nitrogens with zero attached hydrogens (tertiary/aromatic N) is 4. The number of esters is 1. The van der Waals surface area contributed by atoms with Gasteiger partial charge in [0.15, 0.2) is 0 Å². The maximum atomic E-state index is 14.9. The lowest BCUT2D eigenvalue weighted by Crippen LogP contribution is -2.39. The molecule has 0 saturated heterocycles. The minimum Gasteiger partial charge on any atom is -0.469 e. The van der Waals surface area contributed by atoms with Crippen LogP contribution in [-0.2, 0) is 9.53 Å². The number of nitriles is 1. The third-order valence-electron chi connectivity index (χ3n) is 5.70. The van der Waals surface area contributed by atoms with E-state index in [1.54, 1.807) is 42.7 Å². The molecule has 0 radical (unpaired) electrons. The number of halogens is 1. The largest absolute Gasteiger partial charge is 0.469 e. The first kappa shape index (κ1) is 20.6. The van der Waals surface area contributed by atoms with Gasteiger partial charge in [0.1, 0.15) is 17.7 Å². The number of aromatic amines is 1. The van der Waals surface area contributed by atoms with Crippen LogP contribution >= 0.6 is 0 Å². The summed E-state index contributed by atoms with van der Waals surface area (Å²) < 4.78 is 25.3. The van der Waals surface area contributed by atoms with Crippen LogP contribution in [0.25, 0.3) is 33.5 Å². The van der Waals surface area contributed by atoms with Crippen LogP contribution in [0.4, 0.5) is 4.39 Å². The van der Waals surface area contributed by atoms with E-state index in [4.69, 9.17) is 14.7 Å². The number of hydrogen-bond acceptors (Lipinski definition) is 7. The minimum absolute atomic E-state index is 0.121. The highest BCUT2D eigenvalue weighted by molar-refractivity contribution is 5.81. The number of carbonyl (C=O) groups is 1. The molecule has 4 aromatic rings. The van der Waals surface area contributed by atoms with Gasteiger partial charge < -0.3 is 14.5 Å². The Hall–Kier alpha value is -4.32. The maximum absolute atomic E-state index is 14.9. The van der Waals surface area contributed by atoms with Gasteiger partial charge in [-0.15, -0.1) is 0 Å². The minimum atomic E-state index is -0.448. The molecule has 33 heavy (non-hydrogen) atoms. The van der Waals surface area contributed by atoms with E-state index in [1.165, 1.54) is 13.2 Å². The number of rotatable bonds is 5. The fraction of sp³-hybridized carbons (Fsp3) is 0.208. The molecule has 1 aliphatic carbocycles. The van der Waals surface area contributed by atoms with Crippen LogP contribution in [-0.4, -0.2) is 39.1 Å². The molecule has 9 heteroatoms. The highest BCUT2D eigenvalue weighted by Crippen LogP contribution is 2.32. The fourth-order valence-corrected chi connectivity index (χ4v) is 3.79. The predicted molar refractivity (Wildman–Crippen MR) is 116 cm³/mol. The first-order valence-corrected chi connectivity index (χ1v) is 10.3. The van der Waals surface area contributed by atoms with Crippen LogP contribution in [0, 0.1) is 23.1 Å². The number of benzene rings is 2. The Morgan fingerprint density at radius 1 is 1.15 bits per heavy atom. The molecular formula is C24H18FN5O3. The first-order chi connectivity index (χ1) is 16.0. The quantitative estimate of drug-likeness (QED) is 0.463. The van der Waals surface area contributed by atoms with Gasteiger partial charge in [0, 0.05) is 18.0 Å². The van der Waals surface area contributed by atoms with Gasteiger partial charge in [-0.3, -0.25) is 4.79 Å². The molecule has 8 nitrogen and oxygen atoms in total. The Morgan fingerprint density at radius 3 is 2.64 bits per heavy atom. The van der Waals surface area contributed by atoms with Gasteiger partial charge in [-0.05, 0) is 48.7 Å². The second kappa shape index (κ2) is 8.31. The molecule has 0 unspecified atom stereocenters. The number of hydrogen-bond donors (Lipinski definition) is 1. The summed E-state index contributed by atoms with van der Waals surface area (Å²) in [5.41, 5.74) is 3.38. The fourth-order valence-electron chi connectivity index (χ4n) is 3.79. The number of nitrogens with one attached hydrogen (secondary N) is 1. The molecule has 0 amide bonds. The van der Waals surface area contributed by atoms with Gasteiger partial charge >= 0.3 is 12.0 Å². The summed E-state index contributed by atoms with van der Waals surface area (Å²) in [5.74, 6) is -0.433. The van der Waals surface area contributed by atoms with E-state index < -0.39 is 5.82 Å². The normalized spacial score (nSPS) is 17.2. The Bertz CT molecular complexity index is 1390. The van der Waals surface area contributed by atoms with Gasteiger partial charge in [-0.2, -0.15) is 5.26 Å². The molecule has 2 aromatic carbocycles. The van der Waals surface area contributed by atoms with Crippen LogP contribution in [0.15, 0.2) is 48.8 Å². The molecule has 2 heterocycles. The van der Waals surface area contributed by atoms with E-state index in [0.717, 1.165) is 5.52 Å². The molecule has 2 aromatic heterocycles. The molecule has 0 atom stereocenters. The van der Waals surface area contributed by atoms with Crippen LogP contribution in [0.3, 0.4) is 0 Å². The van der Waals surface area contributed by atoms with Crippen molar-refractivity contribution < 1.29 is 18.7 Å². The van der Waals surface area contributed by atoms with Gasteiger partial charge in [-0.25, -0.2) is 19.3 Å². The number of carbonyl (C=O) groups excluding carboxylic acids is 1. The standard InChI is InChI=1S/C24H18FN5O3/c1-32-23(31)15-7-17(8-15)33-24-27-11-16(12-28-24)14-3-4-18(19(25)9-14)22-29-20-5-2-13(10-26)6-21(20)30-22/h2-6,9,11-12,15,17H,7-8H2,1H3,(H,29,30)/t15-,17+. The molecule has 0 aliphatic heterocycles. The Kier molecular flexibility index (Phi) is 5.18. The van der Waals surface area contributed by atoms with Crippen LogP contribution in [0.1, 0.15) is 18.4 Å². The van der Waals surface area contributed by atoms with Crippen molar-refractivity contribution in [3.05, 3.63) is 60.2 Å². The molecule has 1 aliphatic rings. The molecular weight excluding hydrogens is 425 g/mol. The average Bonchev–Trinajstić information content (AvgIpc) is 3.23. The average molecular weight is 443 g/mol. The number of H-pyrrole nitrogens is 1. The van der Waals surface area contributed by atoms with Crippen molar-refractivity contribution >= 4 is 17.0 Å². The summed E-state index contributed by atoms with van der Waals surface area (Å²) in [6.07, 6.45) is 4.16. The van der Waals surface area contributed by atoms with Crippen molar-refractivity contribution in [2.24, 2.45) is 5.92 Å². The van der Waals surface area contributed by atoms with E-state index in [0.29, 0.717) is 46.4 Å². The second-order valence-corrected chi connectivity index (χ2v) is 7.81. The smallest absolute Gasteiger partial charge is 0.316 e. The van der Waals surface area contributed by atoms with E-state index in [2.05, 4.69) is 26.0 Å². The zero-order valence-corrected chi connectivity index (χ0v) is 17.6. The number of ether oxygens (including phenoxy) is 2. The van der Waals surface area contributed by atoms with Crippen LogP contribution < -0.4 is 4.74 Å². The summed E-state index contributed by atoms with van der Waals surface area (Å²) in [4.78, 5) is 27.4. The Labute approximate surface area is 188 Å². The topological polar surface area (TPSA) is 114 Å². The lowest BCUT2D eigenvalue weighted by molar-refractivity contribution is -0.151. The van der Waals surface area contributed by atoms with Gasteiger partial charge in [-0.1, -0.05) is 6.07 Å². The van der Waals surface area contributed by atoms with Gasteiger partial charge in [0.05, 0.1) is 41.3 Å². The van der Waals surface area contributed by atoms with E-state index >= 15 is 0 Å². The third kappa shape index (κ3) is 3.99. The Morgan fingerprint density at radius 2 is 1.94 bits per heavy atom. The molecule has 5 rings (SSSR count). The van der Waals surface area contributed by atoms with Gasteiger partial charge in [0.2, 0.25) is 0 Å². The van der Waals surface area contributed by atoms with E-state index in [9.17, 15) is 9.18 Å². The number of aromatic nitrogens is 4. The lowest BCUT2D eigenvalue weighted by atomic mass is 9.82. The molecule has 1 fully saturated rings. The highest BCUT2D eigenvalue weighted by Gasteiger charge is 2.37. The summed E-state index contributed by atoms with van der Waals surface area (Å²) in [6, 6.07) is 12.2. The summed E-state index contributed by atoms with van der Waals surface area (Å²) in [5, 5.41) is 9.04. The third-order valence-corrected chi connectivity index (χ3v) is 5.70. The molecule has 164 valence electrons. The summed E-state index contributed by atoms with van der Waals surface area (Å²) >= 11 is 0. The van der Waals surface area contributed by atoms with Crippen LogP contribution in [0.5, 0.6) is 6.01 Å². The number of imidazole rings is 1. The summed E-state index contributed by atoms with van der Waals surface area (Å²) in [6.45, 7) is 0. The van der Waals surface area contributed by atoms with E-state index in [-0.39, 0.29) is 24.0 Å². The number of methoxy groups -OCH3 is 1. The zero-order valence-electron chi connectivity index (χ0n) is 17.6. The van der Waals surface area contributed by atoms with Crippen molar-refractivity contribution in [3.8, 4) is 34.6 Å². The van der Waals surface area contributed by atoms with Crippen molar-refractivity contribution in [3.63, 3.8) is 0 Å². The Balaban J connectivity index is 1.30. The lowest BCUT2D eigenvalue weighted by Gasteiger charge is -2.32. The monoisotopic (exact) mass is 443 g/mol. The number of fused-ring (bicyclic) bond motifs is 1. The predicted octanol–water partition coefficient (Wildman–Crippen LogP) is 4.03. The van der Waals surface area contributed by atoms with E-state index in [1.807, 2.05) is 0 Å². The SMILES string of the molecule is COC(=O)[C@H]1C[C@@H](Oc2ncc(-c3ccc(-c4nc5cc(C#N)ccc5[nH]4)c(F)c3)cn2)C1. The molecule has 0 bridgehead atoms. The van der Waals surface area contributed by atoms with Crippen LogP contribution in [0.2, 0.25) is 0 Å². The van der Waals surface area contributed by atoms with Gasteiger partial charge in [0.25, 0.3) is 0 Å². The molecule has 1 N–H and O–H groups in total. The molecule has 0 spiro atoms. The van der Waals surface area contributed by atoms with Crippen molar-refractivity contribution in [2.45, 2.75) is 18.9 Å². The highest BCUT2D eigenvalue weighted by atomic mass is 19.1. The molecule has 1 saturated carbocycles. The van der Waals surface area contributed by atoms with Crippen molar-refractivity contribution in [1.29, 1.82) is 5.26 Å². The van der Waals surface area contributed by atoms with Crippen molar-refractivity contribution in [1.82, 2.24) is 19.9 Å². The second-order valence-electron chi connectivity index (χ2n) is 7.81. The maximum Gasteiger partial charge on any atom is 0.316 e. The first-order valence-electron chi connectivity index (χ1n) is 10.3. The zero-order chi connectivity index (χ0) is 22.9.